The number of rotatable bonds is 7. The Morgan fingerprint density at radius 2 is 1.80 bits per heavy atom. The van der Waals surface area contributed by atoms with Crippen molar-refractivity contribution in [3.05, 3.63) is 107 Å². The minimum Gasteiger partial charge on any atom is -0.497 e. The highest BCUT2D eigenvalue weighted by Gasteiger charge is 2.26. The first-order valence-corrected chi connectivity index (χ1v) is 11.7. The van der Waals surface area contributed by atoms with Gasteiger partial charge >= 0.3 is 0 Å². The molecule has 1 amide bonds. The van der Waals surface area contributed by atoms with Crippen molar-refractivity contribution in [1.82, 2.24) is 14.8 Å². The molecule has 7 nitrogen and oxygen atoms in total. The van der Waals surface area contributed by atoms with E-state index in [2.05, 4.69) is 26.8 Å². The molecule has 3 aromatic carbocycles. The number of methoxy groups -OCH3 is 1. The number of hydrogen-bond acceptors (Lipinski definition) is 5. The van der Waals surface area contributed by atoms with Crippen molar-refractivity contribution < 1.29 is 9.53 Å². The van der Waals surface area contributed by atoms with E-state index >= 15 is 0 Å². The number of amides is 1. The molecule has 2 heterocycles. The minimum atomic E-state index is -0.231. The van der Waals surface area contributed by atoms with Crippen LogP contribution >= 0.6 is 11.6 Å². The van der Waals surface area contributed by atoms with Crippen molar-refractivity contribution in [2.45, 2.75) is 18.9 Å². The maximum Gasteiger partial charge on any atom is 0.250 e. The van der Waals surface area contributed by atoms with Crippen LogP contribution in [0.4, 0.5) is 11.9 Å². The molecule has 1 aliphatic rings. The molecule has 1 aliphatic heterocycles. The lowest BCUT2D eigenvalue weighted by molar-refractivity contribution is -0.116. The Kier molecular flexibility index (Phi) is 6.50. The number of nitrogens with zero attached hydrogens (tertiary/aromatic N) is 3. The van der Waals surface area contributed by atoms with Crippen molar-refractivity contribution in [3.8, 4) is 5.75 Å². The fraction of sp³-hybridized carbons (Fsp3) is 0.148. The van der Waals surface area contributed by atoms with E-state index in [-0.39, 0.29) is 17.9 Å². The summed E-state index contributed by atoms with van der Waals surface area (Å²) in [6.07, 6.45) is 3.07. The van der Waals surface area contributed by atoms with E-state index in [1.807, 2.05) is 78.9 Å². The quantitative estimate of drug-likeness (QED) is 0.358. The first kappa shape index (κ1) is 22.7. The van der Waals surface area contributed by atoms with Crippen LogP contribution in [0.3, 0.4) is 0 Å². The monoisotopic (exact) mass is 485 g/mol. The summed E-state index contributed by atoms with van der Waals surface area (Å²) in [6.45, 7) is 0. The second kappa shape index (κ2) is 10.0. The molecule has 176 valence electrons. The van der Waals surface area contributed by atoms with E-state index in [0.717, 1.165) is 28.1 Å². The van der Waals surface area contributed by atoms with Gasteiger partial charge in [-0.1, -0.05) is 66.2 Å². The third kappa shape index (κ3) is 5.20. The molecule has 0 unspecified atom stereocenters. The molecule has 35 heavy (non-hydrogen) atoms. The first-order valence-electron chi connectivity index (χ1n) is 11.3. The number of aryl methyl sites for hydroxylation is 1. The number of carbonyl (C=O) groups excluding carboxylic acids is 1. The van der Waals surface area contributed by atoms with Crippen molar-refractivity contribution >= 4 is 35.1 Å². The van der Waals surface area contributed by atoms with Gasteiger partial charge in [-0.2, -0.15) is 4.98 Å². The van der Waals surface area contributed by atoms with E-state index in [1.165, 1.54) is 0 Å². The van der Waals surface area contributed by atoms with Gasteiger partial charge in [0.15, 0.2) is 0 Å². The summed E-state index contributed by atoms with van der Waals surface area (Å²) in [5.74, 6) is 1.44. The zero-order valence-corrected chi connectivity index (χ0v) is 19.9. The number of carbonyl (C=O) groups is 1. The second-order valence-electron chi connectivity index (χ2n) is 8.17. The number of hydrogen-bond donors (Lipinski definition) is 2. The number of ether oxygens (including phenoxy) is 1. The van der Waals surface area contributed by atoms with Gasteiger partial charge in [-0.05, 0) is 53.5 Å². The molecule has 0 saturated heterocycles. The first-order chi connectivity index (χ1) is 17.1. The molecule has 2 N–H and O–H groups in total. The van der Waals surface area contributed by atoms with E-state index in [9.17, 15) is 4.79 Å². The molecule has 1 atom stereocenters. The van der Waals surface area contributed by atoms with Gasteiger partial charge in [0.25, 0.3) is 5.95 Å². The molecule has 0 radical (unpaired) electrons. The summed E-state index contributed by atoms with van der Waals surface area (Å²) < 4.78 is 7.08. The number of fused-ring (bicyclic) bond motifs is 1. The number of halogens is 1. The van der Waals surface area contributed by atoms with Crippen LogP contribution in [0.2, 0.25) is 5.02 Å². The fourth-order valence-corrected chi connectivity index (χ4v) is 4.10. The lowest BCUT2D eigenvalue weighted by Gasteiger charge is -2.24. The van der Waals surface area contributed by atoms with E-state index < -0.39 is 0 Å². The van der Waals surface area contributed by atoms with Gasteiger partial charge in [0.2, 0.25) is 11.9 Å². The van der Waals surface area contributed by atoms with Crippen molar-refractivity contribution in [2.24, 2.45) is 0 Å². The van der Waals surface area contributed by atoms with Gasteiger partial charge in [0.05, 0.1) is 7.11 Å². The highest BCUT2D eigenvalue weighted by Crippen LogP contribution is 2.34. The molecule has 0 spiro atoms. The molecule has 4 aromatic rings. The molecular weight excluding hydrogens is 462 g/mol. The van der Waals surface area contributed by atoms with Crippen molar-refractivity contribution in [3.63, 3.8) is 0 Å². The highest BCUT2D eigenvalue weighted by atomic mass is 35.5. The summed E-state index contributed by atoms with van der Waals surface area (Å²) in [7, 11) is 1.64. The van der Waals surface area contributed by atoms with Gasteiger partial charge in [-0.3, -0.25) is 10.1 Å². The van der Waals surface area contributed by atoms with E-state index in [4.69, 9.17) is 16.3 Å². The smallest absolute Gasteiger partial charge is 0.250 e. The Balaban J connectivity index is 1.40. The van der Waals surface area contributed by atoms with Crippen LogP contribution in [0.25, 0.3) is 5.70 Å². The molecule has 0 aliphatic carbocycles. The molecule has 0 fully saturated rings. The molecule has 8 heteroatoms. The second-order valence-corrected chi connectivity index (χ2v) is 8.60. The fourth-order valence-electron chi connectivity index (χ4n) is 3.97. The third-order valence-corrected chi connectivity index (χ3v) is 6.07. The van der Waals surface area contributed by atoms with Gasteiger partial charge in [-0.25, -0.2) is 4.68 Å². The summed E-state index contributed by atoms with van der Waals surface area (Å²) in [6, 6.07) is 25.1. The number of nitrogens with one attached hydrogen (secondary N) is 2. The van der Waals surface area contributed by atoms with E-state index in [0.29, 0.717) is 23.8 Å². The Morgan fingerprint density at radius 1 is 1.06 bits per heavy atom. The Labute approximate surface area is 208 Å². The van der Waals surface area contributed by atoms with Crippen LogP contribution in [0.1, 0.15) is 29.2 Å². The number of anilines is 2. The van der Waals surface area contributed by atoms with E-state index in [1.54, 1.807) is 11.8 Å². The lowest BCUT2D eigenvalue weighted by atomic mass is 10.0. The molecule has 0 saturated carbocycles. The van der Waals surface area contributed by atoms with Crippen molar-refractivity contribution in [2.75, 3.05) is 17.7 Å². The number of allylic oxidation sites excluding steroid dienone is 1. The Hall–Kier alpha value is -4.10. The molecule has 1 aromatic heterocycles. The van der Waals surface area contributed by atoms with Gasteiger partial charge in [-0.15, -0.1) is 5.10 Å². The zero-order chi connectivity index (χ0) is 24.2. The van der Waals surface area contributed by atoms with Crippen LogP contribution in [-0.4, -0.2) is 27.8 Å². The lowest BCUT2D eigenvalue weighted by Crippen LogP contribution is -2.20. The van der Waals surface area contributed by atoms with Gasteiger partial charge in [0, 0.05) is 17.1 Å². The van der Waals surface area contributed by atoms with Crippen LogP contribution in [0.15, 0.2) is 84.9 Å². The Morgan fingerprint density at radius 3 is 2.51 bits per heavy atom. The highest BCUT2D eigenvalue weighted by molar-refractivity contribution is 6.30. The predicted molar refractivity (Wildman–Crippen MR) is 138 cm³/mol. The Bertz CT molecular complexity index is 1350. The summed E-state index contributed by atoms with van der Waals surface area (Å²) in [5, 5.41) is 11.4. The van der Waals surface area contributed by atoms with Gasteiger partial charge in [0.1, 0.15) is 11.8 Å². The molecular formula is C27H24ClN5O2. The maximum absolute atomic E-state index is 12.6. The summed E-state index contributed by atoms with van der Waals surface area (Å²) in [5.41, 5.74) is 3.96. The summed E-state index contributed by atoms with van der Waals surface area (Å²) >= 11 is 6.08. The largest absolute Gasteiger partial charge is 0.497 e. The minimum absolute atomic E-state index is 0.135. The van der Waals surface area contributed by atoms with Crippen LogP contribution in [0.5, 0.6) is 5.75 Å². The SMILES string of the molecule is COc1ccc([C@H]2C=C(c3ccc(Cl)cc3)Nc3nc(NC(=O)CCc4ccccc4)nn32)cc1. The molecule has 5 rings (SSSR count). The third-order valence-electron chi connectivity index (χ3n) is 5.81. The maximum atomic E-state index is 12.6. The molecule has 0 bridgehead atoms. The van der Waals surface area contributed by atoms with Crippen LogP contribution in [0, 0.1) is 0 Å². The van der Waals surface area contributed by atoms with Crippen LogP contribution < -0.4 is 15.4 Å². The predicted octanol–water partition coefficient (Wildman–Crippen LogP) is 5.57. The summed E-state index contributed by atoms with van der Waals surface area (Å²) in [4.78, 5) is 17.1. The average Bonchev–Trinajstić information content (AvgIpc) is 3.30. The number of benzene rings is 3. The van der Waals surface area contributed by atoms with Crippen LogP contribution in [-0.2, 0) is 11.2 Å². The average molecular weight is 486 g/mol. The topological polar surface area (TPSA) is 81.1 Å². The van der Waals surface area contributed by atoms with Gasteiger partial charge < -0.3 is 10.1 Å². The normalized spacial score (nSPS) is 14.5. The number of aromatic nitrogens is 3. The van der Waals surface area contributed by atoms with Crippen molar-refractivity contribution in [1.29, 1.82) is 0 Å². The standard InChI is InChI=1S/C27H24ClN5O2/c1-35-22-14-10-20(11-15-22)24-17-23(19-8-12-21(28)13-9-19)29-27-31-26(32-33(24)27)30-25(34)16-7-18-5-3-2-4-6-18/h2-6,8-15,17,24H,7,16H2,1H3,(H2,29,30,31,32,34)/t24-/m1/s1. The zero-order valence-electron chi connectivity index (χ0n) is 19.1.